The Kier molecular flexibility index (Phi) is 5.87. The first-order valence-corrected chi connectivity index (χ1v) is 7.23. The molecule has 0 bridgehead atoms. The van der Waals surface area contributed by atoms with Gasteiger partial charge in [-0.15, -0.1) is 11.3 Å². The highest BCUT2D eigenvalue weighted by molar-refractivity contribution is 9.10. The molecule has 0 aliphatic rings. The summed E-state index contributed by atoms with van der Waals surface area (Å²) < 4.78 is 1.21. The van der Waals surface area contributed by atoms with Crippen LogP contribution in [0.5, 0.6) is 0 Å². The van der Waals surface area contributed by atoms with Crippen LogP contribution in [0.1, 0.15) is 31.6 Å². The molecule has 2 unspecified atom stereocenters. The van der Waals surface area contributed by atoms with E-state index >= 15 is 0 Å². The number of thiophene rings is 1. The molecule has 0 aromatic carbocycles. The van der Waals surface area contributed by atoms with Crippen LogP contribution in [0, 0.1) is 5.92 Å². The second kappa shape index (κ2) is 6.66. The summed E-state index contributed by atoms with van der Waals surface area (Å²) in [6, 6.07) is 2.84. The van der Waals surface area contributed by atoms with Gasteiger partial charge >= 0.3 is 0 Å². The Bertz CT molecular complexity index is 285. The molecule has 1 aromatic heterocycles. The van der Waals surface area contributed by atoms with Gasteiger partial charge in [-0.2, -0.15) is 0 Å². The second-order valence-electron chi connectivity index (χ2n) is 4.17. The van der Waals surface area contributed by atoms with E-state index in [1.807, 2.05) is 11.3 Å². The van der Waals surface area contributed by atoms with E-state index in [-0.39, 0.29) is 0 Å². The molecule has 3 heteroatoms. The predicted octanol–water partition coefficient (Wildman–Crippen LogP) is 4.08. The molecule has 2 atom stereocenters. The van der Waals surface area contributed by atoms with Gasteiger partial charge in [0.25, 0.3) is 0 Å². The van der Waals surface area contributed by atoms with Gasteiger partial charge in [0.05, 0.1) is 0 Å². The lowest BCUT2D eigenvalue weighted by Crippen LogP contribution is -2.29. The highest BCUT2D eigenvalue weighted by atomic mass is 79.9. The van der Waals surface area contributed by atoms with E-state index in [1.54, 1.807) is 0 Å². The van der Waals surface area contributed by atoms with Crippen molar-refractivity contribution in [2.24, 2.45) is 5.92 Å². The summed E-state index contributed by atoms with van der Waals surface area (Å²) in [5.74, 6) is 0.811. The van der Waals surface area contributed by atoms with E-state index in [4.69, 9.17) is 0 Å². The van der Waals surface area contributed by atoms with Gasteiger partial charge in [0.1, 0.15) is 0 Å². The van der Waals surface area contributed by atoms with Crippen LogP contribution in [0.2, 0.25) is 0 Å². The van der Waals surface area contributed by atoms with Gasteiger partial charge in [-0.1, -0.05) is 20.3 Å². The summed E-state index contributed by atoms with van der Waals surface area (Å²) >= 11 is 5.34. The Morgan fingerprint density at radius 3 is 2.73 bits per heavy atom. The Morgan fingerprint density at radius 1 is 1.53 bits per heavy atom. The van der Waals surface area contributed by atoms with Gasteiger partial charge in [0.15, 0.2) is 0 Å². The second-order valence-corrected chi connectivity index (χ2v) is 6.08. The van der Waals surface area contributed by atoms with Crippen LogP contribution in [0.4, 0.5) is 0 Å². The van der Waals surface area contributed by atoms with E-state index in [1.165, 1.54) is 22.2 Å². The van der Waals surface area contributed by atoms with Crippen LogP contribution in [0.15, 0.2) is 15.9 Å². The molecule has 86 valence electrons. The summed E-state index contributed by atoms with van der Waals surface area (Å²) in [5.41, 5.74) is 0. The standard InChI is InChI=1S/C12H20BrNS/c1-4-9(2)5-11(14-3)7-12-6-10(13)8-15-12/h6,8-9,11,14H,4-5,7H2,1-3H3. The normalized spacial score (nSPS) is 15.2. The molecule has 1 aromatic rings. The fraction of sp³-hybridized carbons (Fsp3) is 0.667. The maximum atomic E-state index is 3.50. The molecule has 0 saturated carbocycles. The summed E-state index contributed by atoms with van der Waals surface area (Å²) in [7, 11) is 2.07. The van der Waals surface area contributed by atoms with Crippen LogP contribution in [-0.4, -0.2) is 13.1 Å². The molecular formula is C12H20BrNS. The highest BCUT2D eigenvalue weighted by Crippen LogP contribution is 2.22. The summed E-state index contributed by atoms with van der Waals surface area (Å²) in [4.78, 5) is 1.46. The number of hydrogen-bond donors (Lipinski definition) is 1. The molecule has 1 rings (SSSR count). The molecule has 0 spiro atoms. The zero-order valence-corrected chi connectivity index (χ0v) is 12.1. The van der Waals surface area contributed by atoms with Crippen molar-refractivity contribution >= 4 is 27.3 Å². The first-order valence-electron chi connectivity index (χ1n) is 5.55. The zero-order chi connectivity index (χ0) is 11.3. The molecule has 0 amide bonds. The lowest BCUT2D eigenvalue weighted by Gasteiger charge is -2.18. The number of likely N-dealkylation sites (N-methyl/N-ethyl adjacent to an activating group) is 1. The van der Waals surface area contributed by atoms with Gasteiger partial charge in [0, 0.05) is 20.8 Å². The molecule has 15 heavy (non-hydrogen) atoms. The third kappa shape index (κ3) is 4.66. The summed E-state index contributed by atoms with van der Waals surface area (Å²) in [6.07, 6.45) is 3.69. The van der Waals surface area contributed by atoms with Crippen molar-refractivity contribution in [3.63, 3.8) is 0 Å². The molecule has 0 saturated heterocycles. The van der Waals surface area contributed by atoms with E-state index in [0.717, 1.165) is 12.3 Å². The lowest BCUT2D eigenvalue weighted by molar-refractivity contribution is 0.412. The first-order chi connectivity index (χ1) is 7.15. The molecule has 0 aliphatic heterocycles. The average Bonchev–Trinajstić information content (AvgIpc) is 2.62. The smallest absolute Gasteiger partial charge is 0.0285 e. The van der Waals surface area contributed by atoms with Crippen molar-refractivity contribution in [3.8, 4) is 0 Å². The van der Waals surface area contributed by atoms with Gasteiger partial charge in [-0.25, -0.2) is 0 Å². The van der Waals surface area contributed by atoms with Crippen molar-refractivity contribution in [3.05, 3.63) is 20.8 Å². The highest BCUT2D eigenvalue weighted by Gasteiger charge is 2.11. The number of halogens is 1. The van der Waals surface area contributed by atoms with Crippen molar-refractivity contribution in [1.82, 2.24) is 5.32 Å². The monoisotopic (exact) mass is 289 g/mol. The van der Waals surface area contributed by atoms with Crippen LogP contribution < -0.4 is 5.32 Å². The topological polar surface area (TPSA) is 12.0 Å². The summed E-state index contributed by atoms with van der Waals surface area (Å²) in [6.45, 7) is 4.59. The van der Waals surface area contributed by atoms with Gasteiger partial charge in [0.2, 0.25) is 0 Å². The van der Waals surface area contributed by atoms with Crippen LogP contribution >= 0.6 is 27.3 Å². The molecule has 0 aliphatic carbocycles. The third-order valence-electron chi connectivity index (χ3n) is 2.86. The SMILES string of the molecule is CCC(C)CC(Cc1cc(Br)cs1)NC. The minimum Gasteiger partial charge on any atom is -0.317 e. The number of hydrogen-bond acceptors (Lipinski definition) is 2. The van der Waals surface area contributed by atoms with Gasteiger partial charge < -0.3 is 5.32 Å². The Morgan fingerprint density at radius 2 is 2.27 bits per heavy atom. The van der Waals surface area contributed by atoms with Crippen LogP contribution in [0.25, 0.3) is 0 Å². The average molecular weight is 290 g/mol. The van der Waals surface area contributed by atoms with Crippen molar-refractivity contribution in [2.45, 2.75) is 39.2 Å². The Balaban J connectivity index is 2.46. The zero-order valence-electron chi connectivity index (χ0n) is 9.72. The van der Waals surface area contributed by atoms with E-state index < -0.39 is 0 Å². The van der Waals surface area contributed by atoms with Crippen molar-refractivity contribution in [1.29, 1.82) is 0 Å². The largest absolute Gasteiger partial charge is 0.317 e. The molecule has 1 heterocycles. The quantitative estimate of drug-likeness (QED) is 0.832. The molecular weight excluding hydrogens is 270 g/mol. The minimum absolute atomic E-state index is 0.616. The minimum atomic E-state index is 0.616. The maximum absolute atomic E-state index is 3.50. The lowest BCUT2D eigenvalue weighted by atomic mass is 9.97. The number of rotatable bonds is 6. The van der Waals surface area contributed by atoms with Crippen LogP contribution in [0.3, 0.4) is 0 Å². The van der Waals surface area contributed by atoms with Gasteiger partial charge in [-0.05, 0) is 47.8 Å². The Labute approximate surface area is 105 Å². The maximum Gasteiger partial charge on any atom is 0.0285 e. The first kappa shape index (κ1) is 13.2. The van der Waals surface area contributed by atoms with Crippen LogP contribution in [-0.2, 0) is 6.42 Å². The van der Waals surface area contributed by atoms with Gasteiger partial charge in [-0.3, -0.25) is 0 Å². The Hall–Kier alpha value is 0.140. The van der Waals surface area contributed by atoms with E-state index in [0.29, 0.717) is 6.04 Å². The van der Waals surface area contributed by atoms with E-state index in [2.05, 4.69) is 53.6 Å². The third-order valence-corrected chi connectivity index (χ3v) is 4.58. The molecule has 0 radical (unpaired) electrons. The number of nitrogens with one attached hydrogen (secondary N) is 1. The van der Waals surface area contributed by atoms with Crippen molar-refractivity contribution < 1.29 is 0 Å². The van der Waals surface area contributed by atoms with Crippen molar-refractivity contribution in [2.75, 3.05) is 7.05 Å². The fourth-order valence-electron chi connectivity index (χ4n) is 1.66. The van der Waals surface area contributed by atoms with E-state index in [9.17, 15) is 0 Å². The molecule has 1 nitrogen and oxygen atoms in total. The fourth-order valence-corrected chi connectivity index (χ4v) is 3.19. The predicted molar refractivity (Wildman–Crippen MR) is 72.6 cm³/mol. The summed E-state index contributed by atoms with van der Waals surface area (Å²) in [5, 5.41) is 5.57. The molecule has 0 fully saturated rings. The molecule has 1 N–H and O–H groups in total.